The number of hydrogen-bond acceptors (Lipinski definition) is 4. The standard InChI is InChI=1S/C40H35NO4/c1-2-27(22-28-20-21-34-32(23-28)24-30-14-6-8-16-33(30)34)26-45-38-19-11-7-15-31(38)25-37(40(43)44)41-36-18-10-9-17-35(36)39(42)29-12-4-3-5-13-29/h3-23,37,41H,2,24-26H2,1H3,(H,43,44)/b27-22+/t37-/m0/s1. The molecule has 6 rings (SSSR count). The summed E-state index contributed by atoms with van der Waals surface area (Å²) in [6, 6.07) is 37.8. The number of nitrogens with one attached hydrogen (secondary N) is 1. The minimum absolute atomic E-state index is 0.168. The summed E-state index contributed by atoms with van der Waals surface area (Å²) in [6.45, 7) is 2.51. The normalized spacial score (nSPS) is 12.6. The van der Waals surface area contributed by atoms with Crippen molar-refractivity contribution in [3.8, 4) is 16.9 Å². The summed E-state index contributed by atoms with van der Waals surface area (Å²) in [5.41, 5.74) is 9.83. The van der Waals surface area contributed by atoms with Crippen LogP contribution in [0.25, 0.3) is 17.2 Å². The molecule has 0 aliphatic heterocycles. The summed E-state index contributed by atoms with van der Waals surface area (Å²) >= 11 is 0. The summed E-state index contributed by atoms with van der Waals surface area (Å²) in [4.78, 5) is 25.7. The molecule has 1 aliphatic rings. The largest absolute Gasteiger partial charge is 0.489 e. The first-order chi connectivity index (χ1) is 22.0. The number of ketones is 1. The molecular weight excluding hydrogens is 558 g/mol. The molecule has 0 spiro atoms. The molecule has 0 radical (unpaired) electrons. The lowest BCUT2D eigenvalue weighted by Crippen LogP contribution is -2.32. The number of anilines is 1. The maximum absolute atomic E-state index is 13.2. The number of para-hydroxylation sites is 2. The fourth-order valence-electron chi connectivity index (χ4n) is 5.88. The summed E-state index contributed by atoms with van der Waals surface area (Å²) in [5, 5.41) is 13.3. The highest BCUT2D eigenvalue weighted by atomic mass is 16.5. The molecule has 5 nitrogen and oxygen atoms in total. The quantitative estimate of drug-likeness (QED) is 0.139. The number of fused-ring (bicyclic) bond motifs is 3. The van der Waals surface area contributed by atoms with Gasteiger partial charge < -0.3 is 15.2 Å². The number of carbonyl (C=O) groups excluding carboxylic acids is 1. The molecule has 0 amide bonds. The molecular formula is C40H35NO4. The number of ether oxygens (including phenoxy) is 1. The third-order valence-corrected chi connectivity index (χ3v) is 8.29. The van der Waals surface area contributed by atoms with Gasteiger partial charge >= 0.3 is 5.97 Å². The zero-order chi connectivity index (χ0) is 31.2. The van der Waals surface area contributed by atoms with Gasteiger partial charge in [-0.2, -0.15) is 0 Å². The van der Waals surface area contributed by atoms with Crippen molar-refractivity contribution in [2.75, 3.05) is 11.9 Å². The van der Waals surface area contributed by atoms with Gasteiger partial charge in [0.1, 0.15) is 18.4 Å². The molecule has 0 saturated carbocycles. The van der Waals surface area contributed by atoms with E-state index in [2.05, 4.69) is 60.8 Å². The first kappa shape index (κ1) is 29.6. The number of aliphatic carboxylic acids is 1. The average Bonchev–Trinajstić information content (AvgIpc) is 3.45. The molecule has 0 aromatic heterocycles. The van der Waals surface area contributed by atoms with Crippen LogP contribution in [0.4, 0.5) is 5.69 Å². The number of benzene rings is 5. The topological polar surface area (TPSA) is 75.6 Å². The molecule has 1 atom stereocenters. The Kier molecular flexibility index (Phi) is 8.88. The first-order valence-corrected chi connectivity index (χ1v) is 15.3. The predicted octanol–water partition coefficient (Wildman–Crippen LogP) is 8.47. The Morgan fingerprint density at radius 2 is 1.53 bits per heavy atom. The zero-order valence-corrected chi connectivity index (χ0v) is 25.2. The Hall–Kier alpha value is -5.42. The molecule has 5 aromatic carbocycles. The first-order valence-electron chi connectivity index (χ1n) is 15.3. The van der Waals surface area contributed by atoms with Crippen LogP contribution in [0.3, 0.4) is 0 Å². The molecule has 0 bridgehead atoms. The highest BCUT2D eigenvalue weighted by molar-refractivity contribution is 6.12. The Bertz CT molecular complexity index is 1880. The van der Waals surface area contributed by atoms with Gasteiger partial charge in [-0.1, -0.05) is 116 Å². The van der Waals surface area contributed by atoms with Crippen LogP contribution in [0.15, 0.2) is 127 Å². The molecule has 0 fully saturated rings. The number of carboxylic acid groups (broad SMARTS) is 1. The van der Waals surface area contributed by atoms with Gasteiger partial charge in [-0.15, -0.1) is 0 Å². The fraction of sp³-hybridized carbons (Fsp3) is 0.150. The number of carbonyl (C=O) groups is 2. The third kappa shape index (κ3) is 6.73. The average molecular weight is 594 g/mol. The van der Waals surface area contributed by atoms with Crippen molar-refractivity contribution >= 4 is 23.5 Å². The van der Waals surface area contributed by atoms with E-state index in [0.717, 1.165) is 29.5 Å². The van der Waals surface area contributed by atoms with Gasteiger partial charge in [-0.25, -0.2) is 4.79 Å². The Labute approximate surface area is 263 Å². The minimum Gasteiger partial charge on any atom is -0.489 e. The fourth-order valence-corrected chi connectivity index (χ4v) is 5.88. The Morgan fingerprint density at radius 1 is 0.822 bits per heavy atom. The minimum atomic E-state index is -1.01. The lowest BCUT2D eigenvalue weighted by molar-refractivity contribution is -0.137. The van der Waals surface area contributed by atoms with Crippen LogP contribution in [-0.4, -0.2) is 29.5 Å². The Balaban J connectivity index is 1.17. The van der Waals surface area contributed by atoms with Gasteiger partial charge in [-0.3, -0.25) is 4.79 Å². The second-order valence-corrected chi connectivity index (χ2v) is 11.3. The van der Waals surface area contributed by atoms with Crippen molar-refractivity contribution in [3.63, 3.8) is 0 Å². The van der Waals surface area contributed by atoms with Crippen molar-refractivity contribution in [3.05, 3.63) is 160 Å². The van der Waals surface area contributed by atoms with E-state index >= 15 is 0 Å². The van der Waals surface area contributed by atoms with Crippen LogP contribution in [-0.2, 0) is 17.6 Å². The number of rotatable bonds is 12. The Morgan fingerprint density at radius 3 is 2.36 bits per heavy atom. The summed E-state index contributed by atoms with van der Waals surface area (Å²) in [6.07, 6.45) is 4.14. The zero-order valence-electron chi connectivity index (χ0n) is 25.2. The van der Waals surface area contributed by atoms with Gasteiger partial charge in [0, 0.05) is 23.2 Å². The van der Waals surface area contributed by atoms with Crippen molar-refractivity contribution in [1.82, 2.24) is 0 Å². The lowest BCUT2D eigenvalue weighted by Gasteiger charge is -2.20. The second-order valence-electron chi connectivity index (χ2n) is 11.3. The van der Waals surface area contributed by atoms with E-state index in [1.807, 2.05) is 42.5 Å². The van der Waals surface area contributed by atoms with E-state index in [4.69, 9.17) is 4.74 Å². The second kappa shape index (κ2) is 13.5. The van der Waals surface area contributed by atoms with Crippen LogP contribution in [0, 0.1) is 0 Å². The molecule has 0 heterocycles. The maximum Gasteiger partial charge on any atom is 0.326 e. The monoisotopic (exact) mass is 593 g/mol. The van der Waals surface area contributed by atoms with E-state index in [0.29, 0.717) is 29.2 Å². The van der Waals surface area contributed by atoms with Gasteiger partial charge in [0.15, 0.2) is 5.78 Å². The molecule has 0 saturated heterocycles. The molecule has 5 aromatic rings. The maximum atomic E-state index is 13.2. The van der Waals surface area contributed by atoms with Gasteiger partial charge in [-0.05, 0) is 70.0 Å². The molecule has 2 N–H and O–H groups in total. The van der Waals surface area contributed by atoms with Crippen molar-refractivity contribution in [2.24, 2.45) is 0 Å². The molecule has 224 valence electrons. The van der Waals surface area contributed by atoms with Crippen LogP contribution in [0.5, 0.6) is 5.75 Å². The summed E-state index contributed by atoms with van der Waals surface area (Å²) < 4.78 is 6.31. The van der Waals surface area contributed by atoms with Crippen LogP contribution < -0.4 is 10.1 Å². The van der Waals surface area contributed by atoms with Gasteiger partial charge in [0.05, 0.1) is 0 Å². The molecule has 0 unspecified atom stereocenters. The van der Waals surface area contributed by atoms with E-state index in [1.54, 1.807) is 36.4 Å². The van der Waals surface area contributed by atoms with E-state index in [-0.39, 0.29) is 12.2 Å². The van der Waals surface area contributed by atoms with Crippen LogP contribution >= 0.6 is 0 Å². The van der Waals surface area contributed by atoms with Crippen molar-refractivity contribution < 1.29 is 19.4 Å². The van der Waals surface area contributed by atoms with Crippen molar-refractivity contribution in [1.29, 1.82) is 0 Å². The smallest absolute Gasteiger partial charge is 0.326 e. The van der Waals surface area contributed by atoms with Gasteiger partial charge in [0.2, 0.25) is 0 Å². The third-order valence-electron chi connectivity index (χ3n) is 8.29. The highest BCUT2D eigenvalue weighted by Crippen LogP contribution is 2.37. The number of hydrogen-bond donors (Lipinski definition) is 2. The van der Waals surface area contributed by atoms with E-state index in [1.165, 1.54) is 22.3 Å². The van der Waals surface area contributed by atoms with E-state index in [9.17, 15) is 14.7 Å². The summed E-state index contributed by atoms with van der Waals surface area (Å²) in [5.74, 6) is -0.541. The van der Waals surface area contributed by atoms with Crippen LogP contribution in [0.1, 0.15) is 51.5 Å². The van der Waals surface area contributed by atoms with Gasteiger partial charge in [0.25, 0.3) is 0 Å². The number of carboxylic acids is 1. The molecule has 1 aliphatic carbocycles. The molecule has 45 heavy (non-hydrogen) atoms. The van der Waals surface area contributed by atoms with E-state index < -0.39 is 12.0 Å². The highest BCUT2D eigenvalue weighted by Gasteiger charge is 2.23. The van der Waals surface area contributed by atoms with Crippen molar-refractivity contribution in [2.45, 2.75) is 32.2 Å². The SMILES string of the molecule is CC/C(=C\c1ccc2c(c1)Cc1ccccc1-2)COc1ccccc1C[C@H](Nc1ccccc1C(=O)c1ccccc1)C(=O)O. The lowest BCUT2D eigenvalue weighted by atomic mass is 10.00. The summed E-state index contributed by atoms with van der Waals surface area (Å²) in [7, 11) is 0. The predicted molar refractivity (Wildman–Crippen MR) is 180 cm³/mol. The van der Waals surface area contributed by atoms with Crippen LogP contribution in [0.2, 0.25) is 0 Å². The molecule has 5 heteroatoms.